The summed E-state index contributed by atoms with van der Waals surface area (Å²) in [6.07, 6.45) is 0.858. The van der Waals surface area contributed by atoms with Gasteiger partial charge in [0.15, 0.2) is 11.5 Å². The van der Waals surface area contributed by atoms with E-state index in [0.29, 0.717) is 17.5 Å². The minimum atomic E-state index is 0.0419. The monoisotopic (exact) mass is 263 g/mol. The van der Waals surface area contributed by atoms with Crippen LogP contribution in [0.15, 0.2) is 22.7 Å². The van der Waals surface area contributed by atoms with Gasteiger partial charge in [0.25, 0.3) is 0 Å². The average molecular weight is 263 g/mol. The first-order chi connectivity index (χ1) is 9.19. The Bertz CT molecular complexity index is 550. The van der Waals surface area contributed by atoms with Crippen LogP contribution in [0, 0.1) is 0 Å². The molecule has 1 unspecified atom stereocenters. The number of nitrogens with zero attached hydrogens (tertiary/aromatic N) is 2. The molecule has 6 nitrogen and oxygen atoms in total. The third-order valence-corrected chi connectivity index (χ3v) is 2.93. The molecule has 0 spiro atoms. The van der Waals surface area contributed by atoms with E-state index in [1.807, 2.05) is 14.0 Å². The molecule has 1 heterocycles. The lowest BCUT2D eigenvalue weighted by Crippen LogP contribution is -2.15. The smallest absolute Gasteiger partial charge is 0.244 e. The second-order valence-electron chi connectivity index (χ2n) is 4.09. The van der Waals surface area contributed by atoms with E-state index >= 15 is 0 Å². The molecule has 0 aliphatic heterocycles. The van der Waals surface area contributed by atoms with E-state index in [9.17, 15) is 5.11 Å². The number of phenolic OH excluding ortho intramolecular Hbond substituents is 1. The topological polar surface area (TPSA) is 80.4 Å². The first kappa shape index (κ1) is 13.4. The number of methoxy groups -OCH3 is 1. The quantitative estimate of drug-likeness (QED) is 0.860. The summed E-state index contributed by atoms with van der Waals surface area (Å²) in [6.45, 7) is 2.04. The second-order valence-corrected chi connectivity index (χ2v) is 4.09. The van der Waals surface area contributed by atoms with Crippen LogP contribution in [0.5, 0.6) is 11.5 Å². The maximum Gasteiger partial charge on any atom is 0.244 e. The van der Waals surface area contributed by atoms with Gasteiger partial charge in [0.1, 0.15) is 0 Å². The van der Waals surface area contributed by atoms with Crippen molar-refractivity contribution < 1.29 is 14.4 Å². The largest absolute Gasteiger partial charge is 0.504 e. The molecule has 1 aromatic carbocycles. The summed E-state index contributed by atoms with van der Waals surface area (Å²) in [5, 5.41) is 16.6. The molecule has 0 aliphatic carbocycles. The van der Waals surface area contributed by atoms with Crippen LogP contribution in [0.3, 0.4) is 0 Å². The Hall–Kier alpha value is -2.08. The zero-order chi connectivity index (χ0) is 13.8. The maximum absolute atomic E-state index is 9.55. The average Bonchev–Trinajstić information content (AvgIpc) is 2.90. The molecular formula is C13H17N3O3. The lowest BCUT2D eigenvalue weighted by Gasteiger charge is -2.06. The van der Waals surface area contributed by atoms with Crippen molar-refractivity contribution in [3.05, 3.63) is 24.1 Å². The van der Waals surface area contributed by atoms with Gasteiger partial charge in [-0.25, -0.2) is 0 Å². The molecule has 102 valence electrons. The summed E-state index contributed by atoms with van der Waals surface area (Å²) in [6, 6.07) is 4.97. The van der Waals surface area contributed by atoms with E-state index in [0.717, 1.165) is 12.0 Å². The molecule has 0 aliphatic rings. The fourth-order valence-corrected chi connectivity index (χ4v) is 1.81. The highest BCUT2D eigenvalue weighted by molar-refractivity contribution is 5.60. The second kappa shape index (κ2) is 5.71. The predicted molar refractivity (Wildman–Crippen MR) is 70.0 cm³/mol. The van der Waals surface area contributed by atoms with Crippen molar-refractivity contribution in [2.45, 2.75) is 19.4 Å². The highest BCUT2D eigenvalue weighted by Crippen LogP contribution is 2.30. The molecule has 1 atom stereocenters. The van der Waals surface area contributed by atoms with Gasteiger partial charge < -0.3 is 19.7 Å². The molecule has 2 rings (SSSR count). The van der Waals surface area contributed by atoms with Crippen LogP contribution >= 0.6 is 0 Å². The number of hydrogen-bond acceptors (Lipinski definition) is 6. The van der Waals surface area contributed by atoms with E-state index in [1.165, 1.54) is 7.11 Å². The molecule has 2 aromatic rings. The summed E-state index contributed by atoms with van der Waals surface area (Å²) in [5.74, 6) is 1.48. The van der Waals surface area contributed by atoms with Crippen molar-refractivity contribution in [1.29, 1.82) is 0 Å². The summed E-state index contributed by atoms with van der Waals surface area (Å²) in [7, 11) is 3.34. The van der Waals surface area contributed by atoms with Gasteiger partial charge in [-0.05, 0) is 31.7 Å². The molecule has 0 saturated heterocycles. The molecule has 19 heavy (non-hydrogen) atoms. The van der Waals surface area contributed by atoms with Gasteiger partial charge >= 0.3 is 0 Å². The number of hydrogen-bond donors (Lipinski definition) is 2. The number of nitrogens with one attached hydrogen (secondary N) is 1. The summed E-state index contributed by atoms with van der Waals surface area (Å²) >= 11 is 0. The first-order valence-electron chi connectivity index (χ1n) is 6.07. The van der Waals surface area contributed by atoms with Gasteiger partial charge in [-0.3, -0.25) is 0 Å². The minimum absolute atomic E-state index is 0.0419. The van der Waals surface area contributed by atoms with Gasteiger partial charge in [0, 0.05) is 5.56 Å². The molecule has 1 aromatic heterocycles. The van der Waals surface area contributed by atoms with E-state index in [-0.39, 0.29) is 11.8 Å². The van der Waals surface area contributed by atoms with Crippen molar-refractivity contribution in [3.63, 3.8) is 0 Å². The van der Waals surface area contributed by atoms with E-state index in [2.05, 4.69) is 15.5 Å². The number of aromatic nitrogens is 2. The van der Waals surface area contributed by atoms with Crippen LogP contribution < -0.4 is 10.1 Å². The van der Waals surface area contributed by atoms with Crippen LogP contribution in [-0.2, 0) is 0 Å². The third kappa shape index (κ3) is 2.68. The zero-order valence-corrected chi connectivity index (χ0v) is 11.2. The zero-order valence-electron chi connectivity index (χ0n) is 11.2. The highest BCUT2D eigenvalue weighted by atomic mass is 16.5. The Morgan fingerprint density at radius 3 is 2.89 bits per heavy atom. The van der Waals surface area contributed by atoms with Gasteiger partial charge in [-0.2, -0.15) is 4.98 Å². The summed E-state index contributed by atoms with van der Waals surface area (Å²) in [4.78, 5) is 4.35. The molecule has 0 amide bonds. The normalized spacial score (nSPS) is 12.4. The Balaban J connectivity index is 2.32. The lowest BCUT2D eigenvalue weighted by atomic mass is 10.2. The molecule has 6 heteroatoms. The van der Waals surface area contributed by atoms with Crippen molar-refractivity contribution in [2.24, 2.45) is 0 Å². The van der Waals surface area contributed by atoms with Crippen molar-refractivity contribution >= 4 is 0 Å². The summed E-state index contributed by atoms with van der Waals surface area (Å²) in [5.41, 5.74) is 0.732. The Morgan fingerprint density at radius 2 is 2.26 bits per heavy atom. The SMILES string of the molecule is CCC(NC)c1nc(-c2ccc(O)c(OC)c2)no1. The predicted octanol–water partition coefficient (Wildman–Crippen LogP) is 2.12. The Kier molecular flexibility index (Phi) is 4.01. The highest BCUT2D eigenvalue weighted by Gasteiger charge is 2.16. The van der Waals surface area contributed by atoms with E-state index < -0.39 is 0 Å². The standard InChI is InChI=1S/C13H17N3O3/c1-4-9(14-2)13-15-12(16-19-13)8-5-6-10(17)11(7-8)18-3/h5-7,9,14,17H,4H2,1-3H3. The number of benzene rings is 1. The van der Waals surface area contributed by atoms with Crippen LogP contribution in [0.1, 0.15) is 25.3 Å². The van der Waals surface area contributed by atoms with Gasteiger partial charge in [-0.15, -0.1) is 0 Å². The van der Waals surface area contributed by atoms with Crippen LogP contribution in [-0.4, -0.2) is 29.4 Å². The molecule has 0 bridgehead atoms. The van der Waals surface area contributed by atoms with Crippen molar-refractivity contribution in [3.8, 4) is 22.9 Å². The fraction of sp³-hybridized carbons (Fsp3) is 0.385. The third-order valence-electron chi connectivity index (χ3n) is 2.93. The van der Waals surface area contributed by atoms with Crippen molar-refractivity contribution in [1.82, 2.24) is 15.5 Å². The van der Waals surface area contributed by atoms with Gasteiger partial charge in [-0.1, -0.05) is 12.1 Å². The molecule has 0 saturated carbocycles. The summed E-state index contributed by atoms with van der Waals surface area (Å²) < 4.78 is 10.3. The van der Waals surface area contributed by atoms with Gasteiger partial charge in [0.05, 0.1) is 13.2 Å². The number of aromatic hydroxyl groups is 1. The number of rotatable bonds is 5. The van der Waals surface area contributed by atoms with Crippen molar-refractivity contribution in [2.75, 3.05) is 14.2 Å². The molecule has 0 radical (unpaired) electrons. The molecular weight excluding hydrogens is 246 g/mol. The maximum atomic E-state index is 9.55. The van der Waals surface area contributed by atoms with E-state index in [1.54, 1.807) is 18.2 Å². The lowest BCUT2D eigenvalue weighted by molar-refractivity contribution is 0.334. The Morgan fingerprint density at radius 1 is 1.47 bits per heavy atom. The first-order valence-corrected chi connectivity index (χ1v) is 6.07. The van der Waals surface area contributed by atoms with Gasteiger partial charge in [0.2, 0.25) is 11.7 Å². The number of phenols is 1. The van der Waals surface area contributed by atoms with Crippen LogP contribution in [0.2, 0.25) is 0 Å². The van der Waals surface area contributed by atoms with E-state index in [4.69, 9.17) is 9.26 Å². The fourth-order valence-electron chi connectivity index (χ4n) is 1.81. The van der Waals surface area contributed by atoms with Crippen LogP contribution in [0.25, 0.3) is 11.4 Å². The minimum Gasteiger partial charge on any atom is -0.504 e. The Labute approximate surface area is 111 Å². The molecule has 2 N–H and O–H groups in total. The number of ether oxygens (including phenoxy) is 1. The van der Waals surface area contributed by atoms with Crippen LogP contribution in [0.4, 0.5) is 0 Å². The molecule has 0 fully saturated rings.